The number of hydrogen-bond donors (Lipinski definition) is 2. The summed E-state index contributed by atoms with van der Waals surface area (Å²) >= 11 is 0. The number of hydrogen-bond acceptors (Lipinski definition) is 2. The average molecular weight is 132 g/mol. The largest absolute Gasteiger partial charge is 0.333 e. The second kappa shape index (κ2) is 48.0. The van der Waals surface area contributed by atoms with Gasteiger partial charge in [-0.1, -0.05) is 13.3 Å². The van der Waals surface area contributed by atoms with E-state index in [2.05, 4.69) is 25.8 Å². The van der Waals surface area contributed by atoms with Crippen molar-refractivity contribution in [1.29, 1.82) is 0 Å². The monoisotopic (exact) mass is 132 g/mol. The van der Waals surface area contributed by atoms with Crippen LogP contribution in [0.4, 0.5) is 0 Å². The summed E-state index contributed by atoms with van der Waals surface area (Å²) in [5.41, 5.74) is 9.64. The molecule has 4 N–H and O–H groups in total. The van der Waals surface area contributed by atoms with E-state index in [1.165, 1.54) is 19.9 Å². The molecule has 0 aliphatic heterocycles. The third-order valence-corrected chi connectivity index (χ3v) is 0.558. The SMILES string of the molecule is C=C.CCCCN.CN. The van der Waals surface area contributed by atoms with Crippen LogP contribution in [0.2, 0.25) is 0 Å². The first-order chi connectivity index (χ1) is 4.41. The van der Waals surface area contributed by atoms with Gasteiger partial charge in [-0.15, -0.1) is 13.2 Å². The molecule has 2 heteroatoms. The zero-order valence-corrected chi connectivity index (χ0v) is 6.69. The Labute approximate surface area is 58.9 Å². The fraction of sp³-hybridized carbons (Fsp3) is 0.714. The van der Waals surface area contributed by atoms with Crippen LogP contribution in [0.5, 0.6) is 0 Å². The minimum absolute atomic E-state index is 0.844. The minimum atomic E-state index is 0.844. The highest BCUT2D eigenvalue weighted by atomic mass is 14.5. The maximum atomic E-state index is 5.14. The van der Waals surface area contributed by atoms with Crippen LogP contribution in [0.15, 0.2) is 13.2 Å². The summed E-state index contributed by atoms with van der Waals surface area (Å²) in [7, 11) is 1.50. The molecule has 9 heavy (non-hydrogen) atoms. The van der Waals surface area contributed by atoms with Crippen molar-refractivity contribution in [3.05, 3.63) is 13.2 Å². The van der Waals surface area contributed by atoms with Gasteiger partial charge in [0.15, 0.2) is 0 Å². The normalized spacial score (nSPS) is 5.78. The van der Waals surface area contributed by atoms with Crippen molar-refractivity contribution in [2.24, 2.45) is 11.5 Å². The molecule has 0 aromatic heterocycles. The van der Waals surface area contributed by atoms with E-state index in [4.69, 9.17) is 5.73 Å². The van der Waals surface area contributed by atoms with Gasteiger partial charge in [-0.05, 0) is 20.0 Å². The highest BCUT2D eigenvalue weighted by Gasteiger charge is 1.67. The standard InChI is InChI=1S/C4H11N.C2H4.CH5N/c1-2-3-4-5;2*1-2/h2-5H2,1H3;1-2H2;2H2,1H3. The van der Waals surface area contributed by atoms with Crippen LogP contribution < -0.4 is 11.5 Å². The van der Waals surface area contributed by atoms with Gasteiger partial charge in [-0.25, -0.2) is 0 Å². The van der Waals surface area contributed by atoms with Crippen LogP contribution in [0.25, 0.3) is 0 Å². The zero-order valence-electron chi connectivity index (χ0n) is 6.69. The molecule has 58 valence electrons. The van der Waals surface area contributed by atoms with Gasteiger partial charge < -0.3 is 11.5 Å². The highest BCUT2D eigenvalue weighted by Crippen LogP contribution is 1.77. The summed E-state index contributed by atoms with van der Waals surface area (Å²) in [5, 5.41) is 0. The summed E-state index contributed by atoms with van der Waals surface area (Å²) < 4.78 is 0. The molecule has 0 fully saturated rings. The summed E-state index contributed by atoms with van der Waals surface area (Å²) in [6.45, 7) is 8.98. The van der Waals surface area contributed by atoms with Gasteiger partial charge in [0.05, 0.1) is 0 Å². The molecule has 0 spiro atoms. The van der Waals surface area contributed by atoms with E-state index >= 15 is 0 Å². The Morgan fingerprint density at radius 1 is 1.22 bits per heavy atom. The van der Waals surface area contributed by atoms with E-state index in [1.807, 2.05) is 0 Å². The van der Waals surface area contributed by atoms with E-state index in [0.717, 1.165) is 6.54 Å². The average Bonchev–Trinajstić information content (AvgIpc) is 1.98. The Kier molecular flexibility index (Phi) is 84.6. The Hall–Kier alpha value is -0.340. The fourth-order valence-corrected chi connectivity index (χ4v) is 0.204. The lowest BCUT2D eigenvalue weighted by Crippen LogP contribution is -1.95. The molecule has 0 radical (unpaired) electrons. The van der Waals surface area contributed by atoms with E-state index < -0.39 is 0 Å². The van der Waals surface area contributed by atoms with Crippen LogP contribution in [0.1, 0.15) is 19.8 Å². The zero-order chi connectivity index (χ0) is 8.12. The van der Waals surface area contributed by atoms with Gasteiger partial charge >= 0.3 is 0 Å². The fourth-order valence-electron chi connectivity index (χ4n) is 0.204. The van der Waals surface area contributed by atoms with E-state index in [0.29, 0.717) is 0 Å². The third-order valence-electron chi connectivity index (χ3n) is 0.558. The Bertz CT molecular complexity index is 20.9. The predicted molar refractivity (Wildman–Crippen MR) is 45.3 cm³/mol. The minimum Gasteiger partial charge on any atom is -0.333 e. The maximum absolute atomic E-state index is 5.14. The molecule has 0 amide bonds. The molecule has 0 heterocycles. The van der Waals surface area contributed by atoms with Crippen molar-refractivity contribution < 1.29 is 0 Å². The summed E-state index contributed by atoms with van der Waals surface area (Å²) in [6.07, 6.45) is 2.39. The van der Waals surface area contributed by atoms with E-state index in [9.17, 15) is 0 Å². The van der Waals surface area contributed by atoms with Crippen molar-refractivity contribution in [3.63, 3.8) is 0 Å². The molecule has 0 aliphatic carbocycles. The van der Waals surface area contributed by atoms with Gasteiger partial charge in [0.25, 0.3) is 0 Å². The number of nitrogens with two attached hydrogens (primary N) is 2. The van der Waals surface area contributed by atoms with Crippen LogP contribution >= 0.6 is 0 Å². The van der Waals surface area contributed by atoms with Crippen LogP contribution in [-0.2, 0) is 0 Å². The van der Waals surface area contributed by atoms with Gasteiger partial charge in [-0.3, -0.25) is 0 Å². The second-order valence-corrected chi connectivity index (χ2v) is 1.14. The topological polar surface area (TPSA) is 52.0 Å². The van der Waals surface area contributed by atoms with Crippen LogP contribution in [0.3, 0.4) is 0 Å². The molecule has 0 aromatic carbocycles. The molecule has 0 saturated carbocycles. The Balaban J connectivity index is -0.0000000771. The van der Waals surface area contributed by atoms with Crippen molar-refractivity contribution in [3.8, 4) is 0 Å². The van der Waals surface area contributed by atoms with Crippen molar-refractivity contribution >= 4 is 0 Å². The van der Waals surface area contributed by atoms with Crippen molar-refractivity contribution in [2.45, 2.75) is 19.8 Å². The number of unbranched alkanes of at least 4 members (excludes halogenated alkanes) is 1. The van der Waals surface area contributed by atoms with Gasteiger partial charge in [0.1, 0.15) is 0 Å². The van der Waals surface area contributed by atoms with Crippen molar-refractivity contribution in [2.75, 3.05) is 13.6 Å². The predicted octanol–water partition coefficient (Wildman–Crippen LogP) is 1.12. The van der Waals surface area contributed by atoms with Crippen LogP contribution in [0, 0.1) is 0 Å². The van der Waals surface area contributed by atoms with Gasteiger partial charge in [0.2, 0.25) is 0 Å². The van der Waals surface area contributed by atoms with Gasteiger partial charge in [0, 0.05) is 0 Å². The maximum Gasteiger partial charge on any atom is -0.00774 e. The first-order valence-corrected chi connectivity index (χ1v) is 3.19. The lowest BCUT2D eigenvalue weighted by molar-refractivity contribution is 0.807. The molecule has 0 aromatic rings. The lowest BCUT2D eigenvalue weighted by atomic mass is 10.3. The van der Waals surface area contributed by atoms with Crippen molar-refractivity contribution in [1.82, 2.24) is 0 Å². The first-order valence-electron chi connectivity index (χ1n) is 3.19. The molecule has 0 bridgehead atoms. The highest BCUT2D eigenvalue weighted by molar-refractivity contribution is 4.29. The Morgan fingerprint density at radius 2 is 1.56 bits per heavy atom. The second-order valence-electron chi connectivity index (χ2n) is 1.14. The molecule has 2 nitrogen and oxygen atoms in total. The lowest BCUT2D eigenvalue weighted by Gasteiger charge is -1.80. The first kappa shape index (κ1) is 15.9. The van der Waals surface area contributed by atoms with Crippen LogP contribution in [-0.4, -0.2) is 13.6 Å². The molecule has 0 saturated heterocycles. The molecule has 0 rings (SSSR count). The molecule has 0 unspecified atom stereocenters. The van der Waals surface area contributed by atoms with Gasteiger partial charge in [-0.2, -0.15) is 0 Å². The molecule has 0 atom stereocenters. The molecule has 0 aliphatic rings. The quantitative estimate of drug-likeness (QED) is 0.553. The smallest absolute Gasteiger partial charge is 0.00774 e. The summed E-state index contributed by atoms with van der Waals surface area (Å²) in [5.74, 6) is 0. The summed E-state index contributed by atoms with van der Waals surface area (Å²) in [6, 6.07) is 0. The summed E-state index contributed by atoms with van der Waals surface area (Å²) in [4.78, 5) is 0. The van der Waals surface area contributed by atoms with E-state index in [1.54, 1.807) is 0 Å². The molecular weight excluding hydrogens is 112 g/mol. The van der Waals surface area contributed by atoms with E-state index in [-0.39, 0.29) is 0 Å². The number of rotatable bonds is 2. The third kappa shape index (κ3) is 89.1. The Morgan fingerprint density at radius 3 is 1.56 bits per heavy atom. The molecular formula is C7H20N2.